The number of anilines is 1. The molecule has 1 unspecified atom stereocenters. The summed E-state index contributed by atoms with van der Waals surface area (Å²) in [4.78, 5) is 26.0. The number of nitrogens with one attached hydrogen (secondary N) is 1. The summed E-state index contributed by atoms with van der Waals surface area (Å²) in [6, 6.07) is 7.37. The Hall–Kier alpha value is -1.84. The minimum atomic E-state index is -0.422. The van der Waals surface area contributed by atoms with Crippen molar-refractivity contribution in [3.8, 4) is 0 Å². The van der Waals surface area contributed by atoms with Crippen LogP contribution < -0.4 is 10.2 Å². The number of hydrogen-bond donors (Lipinski definition) is 1. The summed E-state index contributed by atoms with van der Waals surface area (Å²) in [7, 11) is 0. The van der Waals surface area contributed by atoms with E-state index in [1.54, 1.807) is 4.90 Å². The van der Waals surface area contributed by atoms with E-state index < -0.39 is 6.04 Å². The molecule has 2 rings (SSSR count). The second kappa shape index (κ2) is 5.43. The fraction of sp³-hybridized carbons (Fsp3) is 0.467. The minimum absolute atomic E-state index is 0.0424. The molecule has 1 N–H and O–H groups in total. The molecule has 1 aromatic rings. The third kappa shape index (κ3) is 2.48. The molecule has 1 aliphatic heterocycles. The Morgan fingerprint density at radius 1 is 1.32 bits per heavy atom. The van der Waals surface area contributed by atoms with Gasteiger partial charge in [0.15, 0.2) is 0 Å². The second-order valence-corrected chi connectivity index (χ2v) is 5.15. The fourth-order valence-electron chi connectivity index (χ4n) is 2.55. The van der Waals surface area contributed by atoms with Crippen LogP contribution >= 0.6 is 0 Å². The molecule has 1 aromatic carbocycles. The van der Waals surface area contributed by atoms with E-state index in [2.05, 4.69) is 12.2 Å². The maximum absolute atomic E-state index is 12.2. The third-order valence-corrected chi connectivity index (χ3v) is 3.49. The predicted molar refractivity (Wildman–Crippen MR) is 74.9 cm³/mol. The number of rotatable bonds is 3. The Bertz CT molecular complexity index is 497. The number of hydrogen-bond acceptors (Lipinski definition) is 2. The number of nitrogens with zero attached hydrogens (tertiary/aromatic N) is 1. The maximum Gasteiger partial charge on any atom is 0.247 e. The zero-order valence-corrected chi connectivity index (χ0v) is 11.6. The van der Waals surface area contributed by atoms with Crippen LogP contribution in [-0.2, 0) is 16.0 Å². The van der Waals surface area contributed by atoms with E-state index >= 15 is 0 Å². The molecule has 1 atom stereocenters. The number of aryl methyl sites for hydroxylation is 1. The highest BCUT2D eigenvalue weighted by Crippen LogP contribution is 2.27. The molecular formula is C15H20N2O2. The van der Waals surface area contributed by atoms with E-state index in [9.17, 15) is 9.59 Å². The first kappa shape index (κ1) is 13.6. The quantitative estimate of drug-likeness (QED) is 0.900. The van der Waals surface area contributed by atoms with Crippen LogP contribution in [0, 0.1) is 5.92 Å². The van der Waals surface area contributed by atoms with Crippen molar-refractivity contribution in [1.82, 2.24) is 5.32 Å². The zero-order valence-electron chi connectivity index (χ0n) is 11.6. The first-order valence-corrected chi connectivity index (χ1v) is 6.74. The van der Waals surface area contributed by atoms with Gasteiger partial charge in [0, 0.05) is 5.69 Å². The number of amides is 2. The van der Waals surface area contributed by atoms with Crippen LogP contribution in [0.5, 0.6) is 0 Å². The lowest BCUT2D eigenvalue weighted by Crippen LogP contribution is -2.60. The summed E-state index contributed by atoms with van der Waals surface area (Å²) < 4.78 is 0. The number of para-hydroxylation sites is 1. The van der Waals surface area contributed by atoms with Crippen LogP contribution in [0.2, 0.25) is 0 Å². The van der Waals surface area contributed by atoms with Gasteiger partial charge in [-0.1, -0.05) is 39.0 Å². The van der Waals surface area contributed by atoms with Crippen LogP contribution in [0.15, 0.2) is 24.3 Å². The van der Waals surface area contributed by atoms with Crippen molar-refractivity contribution in [2.24, 2.45) is 5.92 Å². The lowest BCUT2D eigenvalue weighted by molar-refractivity contribution is -0.131. The molecular weight excluding hydrogens is 240 g/mol. The van der Waals surface area contributed by atoms with Crippen molar-refractivity contribution in [2.75, 3.05) is 11.4 Å². The molecule has 0 spiro atoms. The summed E-state index contributed by atoms with van der Waals surface area (Å²) in [5, 5.41) is 2.67. The predicted octanol–water partition coefficient (Wildman–Crippen LogP) is 1.74. The zero-order chi connectivity index (χ0) is 14.0. The second-order valence-electron chi connectivity index (χ2n) is 5.15. The van der Waals surface area contributed by atoms with Gasteiger partial charge in [0.25, 0.3) is 0 Å². The number of piperazine rings is 1. The summed E-state index contributed by atoms with van der Waals surface area (Å²) in [5.41, 5.74) is 1.96. The summed E-state index contributed by atoms with van der Waals surface area (Å²) in [5.74, 6) is -0.0335. The molecule has 0 saturated carbocycles. The van der Waals surface area contributed by atoms with E-state index in [-0.39, 0.29) is 24.3 Å². The van der Waals surface area contributed by atoms with E-state index in [1.165, 1.54) is 0 Å². The first-order chi connectivity index (χ1) is 9.06. The number of carbonyl (C=O) groups is 2. The molecule has 19 heavy (non-hydrogen) atoms. The minimum Gasteiger partial charge on any atom is -0.345 e. The molecule has 1 fully saturated rings. The van der Waals surface area contributed by atoms with Crippen molar-refractivity contribution in [2.45, 2.75) is 33.2 Å². The van der Waals surface area contributed by atoms with Crippen molar-refractivity contribution in [1.29, 1.82) is 0 Å². The first-order valence-electron chi connectivity index (χ1n) is 6.74. The molecule has 0 aromatic heterocycles. The van der Waals surface area contributed by atoms with Gasteiger partial charge in [0.05, 0.1) is 6.54 Å². The van der Waals surface area contributed by atoms with Crippen molar-refractivity contribution < 1.29 is 9.59 Å². The van der Waals surface area contributed by atoms with Gasteiger partial charge >= 0.3 is 0 Å². The van der Waals surface area contributed by atoms with E-state index in [0.717, 1.165) is 17.7 Å². The van der Waals surface area contributed by atoms with Gasteiger partial charge in [-0.15, -0.1) is 0 Å². The molecule has 0 bridgehead atoms. The summed E-state index contributed by atoms with van der Waals surface area (Å²) >= 11 is 0. The topological polar surface area (TPSA) is 49.4 Å². The third-order valence-electron chi connectivity index (χ3n) is 3.49. The molecule has 1 aliphatic rings. The molecule has 2 amide bonds. The number of benzene rings is 1. The van der Waals surface area contributed by atoms with Crippen LogP contribution in [0.1, 0.15) is 26.3 Å². The average Bonchev–Trinajstić information content (AvgIpc) is 2.40. The smallest absolute Gasteiger partial charge is 0.247 e. The molecule has 1 heterocycles. The molecule has 4 heteroatoms. The molecule has 0 aliphatic carbocycles. The van der Waals surface area contributed by atoms with Gasteiger partial charge < -0.3 is 5.32 Å². The Labute approximate surface area is 113 Å². The van der Waals surface area contributed by atoms with Crippen LogP contribution in [-0.4, -0.2) is 24.4 Å². The van der Waals surface area contributed by atoms with Crippen LogP contribution in [0.25, 0.3) is 0 Å². The van der Waals surface area contributed by atoms with Gasteiger partial charge in [0.1, 0.15) is 6.04 Å². The van der Waals surface area contributed by atoms with Crippen molar-refractivity contribution in [3.05, 3.63) is 29.8 Å². The van der Waals surface area contributed by atoms with Gasteiger partial charge in [-0.05, 0) is 24.0 Å². The standard InChI is InChI=1S/C15H20N2O2/c1-4-11-7-5-6-8-12(11)17-13(18)9-16-15(19)14(17)10(2)3/h5-8,10,14H,4,9H2,1-3H3,(H,16,19). The summed E-state index contributed by atoms with van der Waals surface area (Å²) in [6.07, 6.45) is 0.840. The van der Waals surface area contributed by atoms with Gasteiger partial charge in [-0.25, -0.2) is 0 Å². The van der Waals surface area contributed by atoms with E-state index in [1.807, 2.05) is 38.1 Å². The Kier molecular flexibility index (Phi) is 3.88. The highest BCUT2D eigenvalue weighted by atomic mass is 16.2. The van der Waals surface area contributed by atoms with Gasteiger partial charge in [-0.2, -0.15) is 0 Å². The normalized spacial score (nSPS) is 19.8. The van der Waals surface area contributed by atoms with Gasteiger partial charge in [0.2, 0.25) is 11.8 Å². The Morgan fingerprint density at radius 2 is 2.00 bits per heavy atom. The van der Waals surface area contributed by atoms with Crippen LogP contribution in [0.4, 0.5) is 5.69 Å². The number of carbonyl (C=O) groups excluding carboxylic acids is 2. The summed E-state index contributed by atoms with van der Waals surface area (Å²) in [6.45, 7) is 6.06. The highest BCUT2D eigenvalue weighted by molar-refractivity contribution is 6.07. The van der Waals surface area contributed by atoms with Crippen molar-refractivity contribution >= 4 is 17.5 Å². The Morgan fingerprint density at radius 3 is 2.63 bits per heavy atom. The fourth-order valence-corrected chi connectivity index (χ4v) is 2.55. The van der Waals surface area contributed by atoms with E-state index in [4.69, 9.17) is 0 Å². The SMILES string of the molecule is CCc1ccccc1N1C(=O)CNC(=O)C1C(C)C. The van der Waals surface area contributed by atoms with E-state index in [0.29, 0.717) is 0 Å². The van der Waals surface area contributed by atoms with Crippen molar-refractivity contribution in [3.63, 3.8) is 0 Å². The van der Waals surface area contributed by atoms with Crippen LogP contribution in [0.3, 0.4) is 0 Å². The highest BCUT2D eigenvalue weighted by Gasteiger charge is 2.38. The molecule has 1 saturated heterocycles. The van der Waals surface area contributed by atoms with Gasteiger partial charge in [-0.3, -0.25) is 14.5 Å². The molecule has 102 valence electrons. The monoisotopic (exact) mass is 260 g/mol. The molecule has 4 nitrogen and oxygen atoms in total. The maximum atomic E-state index is 12.2. The molecule has 0 radical (unpaired) electrons. The average molecular weight is 260 g/mol. The lowest BCUT2D eigenvalue weighted by atomic mass is 9.97. The largest absolute Gasteiger partial charge is 0.345 e. The Balaban J connectivity index is 2.48. The lowest BCUT2D eigenvalue weighted by Gasteiger charge is -2.38.